The Morgan fingerprint density at radius 1 is 1.35 bits per heavy atom. The number of carbonyl (C=O) groups excluding carboxylic acids is 1. The molecule has 1 aliphatic heterocycles. The predicted octanol–water partition coefficient (Wildman–Crippen LogP) is 2.92. The number of hydrogen-bond donors (Lipinski definition) is 2. The van der Waals surface area contributed by atoms with E-state index in [-0.39, 0.29) is 36.6 Å². The molecular weight excluding hydrogens is 353 g/mol. The third kappa shape index (κ3) is 6.89. The molecule has 1 aromatic rings. The van der Waals surface area contributed by atoms with Crippen molar-refractivity contribution in [1.82, 2.24) is 4.90 Å². The fourth-order valence-corrected chi connectivity index (χ4v) is 3.32. The molecule has 0 bridgehead atoms. The largest absolute Gasteiger partial charge is 0.330 e. The Morgan fingerprint density at radius 2 is 2.00 bits per heavy atom. The molecule has 1 amide bonds. The van der Waals surface area contributed by atoms with Crippen molar-refractivity contribution in [2.45, 2.75) is 20.4 Å². The summed E-state index contributed by atoms with van der Waals surface area (Å²) in [6, 6.07) is 6.28. The van der Waals surface area contributed by atoms with Crippen molar-refractivity contribution in [1.29, 1.82) is 0 Å². The Labute approximate surface area is 155 Å². The molecule has 3 N–H and O–H groups in total. The lowest BCUT2D eigenvalue weighted by atomic mass is 10.1. The smallest absolute Gasteiger partial charge is 0.228 e. The number of benzene rings is 1. The molecular formula is C16H27Cl2N3OS. The Balaban J connectivity index is 0.00000242. The number of nitrogens with zero attached hydrogens (tertiary/aromatic N) is 1. The second kappa shape index (κ2) is 11.2. The van der Waals surface area contributed by atoms with Crippen molar-refractivity contribution in [3.63, 3.8) is 0 Å². The van der Waals surface area contributed by atoms with Gasteiger partial charge in [0.2, 0.25) is 5.91 Å². The highest BCUT2D eigenvalue weighted by Gasteiger charge is 2.14. The van der Waals surface area contributed by atoms with Gasteiger partial charge in [-0.15, -0.1) is 24.8 Å². The van der Waals surface area contributed by atoms with Crippen LogP contribution in [0.15, 0.2) is 18.2 Å². The monoisotopic (exact) mass is 379 g/mol. The quantitative estimate of drug-likeness (QED) is 0.825. The van der Waals surface area contributed by atoms with Gasteiger partial charge in [-0.2, -0.15) is 11.8 Å². The van der Waals surface area contributed by atoms with Crippen molar-refractivity contribution < 1.29 is 4.79 Å². The Hall–Kier alpha value is -0.460. The van der Waals surface area contributed by atoms with Gasteiger partial charge in [-0.1, -0.05) is 19.1 Å². The second-order valence-corrected chi connectivity index (χ2v) is 6.89. The van der Waals surface area contributed by atoms with Gasteiger partial charge in [-0.3, -0.25) is 9.69 Å². The fourth-order valence-electron chi connectivity index (χ4n) is 2.34. The van der Waals surface area contributed by atoms with Crippen molar-refractivity contribution >= 4 is 48.2 Å². The van der Waals surface area contributed by atoms with E-state index in [1.807, 2.05) is 31.7 Å². The third-order valence-corrected chi connectivity index (χ3v) is 4.80. The summed E-state index contributed by atoms with van der Waals surface area (Å²) >= 11 is 2.03. The number of amides is 1. The fraction of sp³-hybridized carbons (Fsp3) is 0.562. The number of rotatable bonds is 5. The van der Waals surface area contributed by atoms with Crippen LogP contribution >= 0.6 is 36.6 Å². The zero-order chi connectivity index (χ0) is 15.2. The minimum atomic E-state index is -0.157. The molecule has 2 rings (SSSR count). The van der Waals surface area contributed by atoms with E-state index in [1.165, 1.54) is 17.1 Å². The van der Waals surface area contributed by atoms with Gasteiger partial charge in [0.1, 0.15) is 0 Å². The summed E-state index contributed by atoms with van der Waals surface area (Å²) in [5, 5.41) is 2.96. The van der Waals surface area contributed by atoms with E-state index in [9.17, 15) is 4.79 Å². The highest BCUT2D eigenvalue weighted by Crippen LogP contribution is 2.19. The summed E-state index contributed by atoms with van der Waals surface area (Å²) in [4.78, 5) is 14.4. The average Bonchev–Trinajstić information content (AvgIpc) is 2.50. The highest BCUT2D eigenvalue weighted by molar-refractivity contribution is 7.99. The average molecular weight is 380 g/mol. The van der Waals surface area contributed by atoms with Crippen LogP contribution in [0.1, 0.15) is 18.1 Å². The number of hydrogen-bond acceptors (Lipinski definition) is 4. The first-order valence-electron chi connectivity index (χ1n) is 7.50. The van der Waals surface area contributed by atoms with E-state index in [0.29, 0.717) is 6.54 Å². The molecule has 1 fully saturated rings. The van der Waals surface area contributed by atoms with Crippen LogP contribution in [-0.2, 0) is 11.3 Å². The second-order valence-electron chi connectivity index (χ2n) is 5.66. The first-order chi connectivity index (χ1) is 10.1. The number of halogens is 2. The molecule has 132 valence electrons. The molecule has 1 aliphatic rings. The molecule has 4 nitrogen and oxygen atoms in total. The van der Waals surface area contributed by atoms with Gasteiger partial charge in [0, 0.05) is 49.3 Å². The molecule has 1 atom stereocenters. The number of nitrogens with one attached hydrogen (secondary N) is 1. The van der Waals surface area contributed by atoms with E-state index in [1.54, 1.807) is 0 Å². The van der Waals surface area contributed by atoms with Gasteiger partial charge < -0.3 is 11.1 Å². The molecule has 0 radical (unpaired) electrons. The number of anilines is 1. The molecule has 1 saturated heterocycles. The van der Waals surface area contributed by atoms with Crippen molar-refractivity contribution in [3.05, 3.63) is 29.3 Å². The van der Waals surface area contributed by atoms with Gasteiger partial charge in [-0.25, -0.2) is 0 Å². The molecule has 7 heteroatoms. The summed E-state index contributed by atoms with van der Waals surface area (Å²) in [5.74, 6) is 2.28. The molecule has 0 spiro atoms. The van der Waals surface area contributed by atoms with Crippen LogP contribution in [0.3, 0.4) is 0 Å². The van der Waals surface area contributed by atoms with E-state index < -0.39 is 0 Å². The summed E-state index contributed by atoms with van der Waals surface area (Å²) in [6.45, 7) is 7.57. The molecule has 0 aliphatic carbocycles. The standard InChI is InChI=1S/C16H25N3OS.2ClH/c1-12-9-14(11-19-5-7-21-8-6-19)3-4-15(12)18-16(20)13(2)10-17;;/h3-4,9,13H,5-8,10-11,17H2,1-2H3,(H,18,20);2*1H. The topological polar surface area (TPSA) is 58.4 Å². The Kier molecular flexibility index (Phi) is 10.9. The maximum atomic E-state index is 11.9. The first kappa shape index (κ1) is 22.5. The van der Waals surface area contributed by atoms with Gasteiger partial charge in [-0.05, 0) is 24.1 Å². The van der Waals surface area contributed by atoms with Crippen LogP contribution in [0.25, 0.3) is 0 Å². The minimum absolute atomic E-state index is 0. The molecule has 0 aromatic heterocycles. The van der Waals surface area contributed by atoms with Crippen LogP contribution in [0, 0.1) is 12.8 Å². The lowest BCUT2D eigenvalue weighted by Gasteiger charge is -2.26. The van der Waals surface area contributed by atoms with Crippen LogP contribution in [0.4, 0.5) is 5.69 Å². The van der Waals surface area contributed by atoms with Gasteiger partial charge in [0.25, 0.3) is 0 Å². The molecule has 1 aromatic carbocycles. The minimum Gasteiger partial charge on any atom is -0.330 e. The maximum absolute atomic E-state index is 11.9. The van der Waals surface area contributed by atoms with Crippen LogP contribution < -0.4 is 11.1 Å². The van der Waals surface area contributed by atoms with E-state index in [0.717, 1.165) is 30.9 Å². The number of aryl methyl sites for hydroxylation is 1. The van der Waals surface area contributed by atoms with E-state index in [2.05, 4.69) is 22.3 Å². The predicted molar refractivity (Wildman–Crippen MR) is 105 cm³/mol. The Bertz CT molecular complexity index is 496. The third-order valence-electron chi connectivity index (χ3n) is 3.86. The summed E-state index contributed by atoms with van der Waals surface area (Å²) in [6.07, 6.45) is 0. The summed E-state index contributed by atoms with van der Waals surface area (Å²) < 4.78 is 0. The van der Waals surface area contributed by atoms with Gasteiger partial charge in [0.15, 0.2) is 0 Å². The van der Waals surface area contributed by atoms with Crippen LogP contribution in [-0.4, -0.2) is 41.9 Å². The lowest BCUT2D eigenvalue weighted by molar-refractivity contribution is -0.119. The normalized spacial score (nSPS) is 16.0. The van der Waals surface area contributed by atoms with Crippen LogP contribution in [0.5, 0.6) is 0 Å². The van der Waals surface area contributed by atoms with E-state index in [4.69, 9.17) is 5.73 Å². The Morgan fingerprint density at radius 3 is 2.57 bits per heavy atom. The van der Waals surface area contributed by atoms with Crippen molar-refractivity contribution in [2.24, 2.45) is 11.7 Å². The molecule has 1 heterocycles. The highest BCUT2D eigenvalue weighted by atomic mass is 35.5. The van der Waals surface area contributed by atoms with Gasteiger partial charge >= 0.3 is 0 Å². The van der Waals surface area contributed by atoms with Crippen molar-refractivity contribution in [2.75, 3.05) is 36.5 Å². The number of carbonyl (C=O) groups is 1. The zero-order valence-electron chi connectivity index (χ0n) is 13.7. The molecule has 23 heavy (non-hydrogen) atoms. The molecule has 1 unspecified atom stereocenters. The lowest BCUT2D eigenvalue weighted by Crippen LogP contribution is -2.32. The number of nitrogens with two attached hydrogens (primary N) is 1. The summed E-state index contributed by atoms with van der Waals surface area (Å²) in [7, 11) is 0. The summed E-state index contributed by atoms with van der Waals surface area (Å²) in [5.41, 5.74) is 8.83. The maximum Gasteiger partial charge on any atom is 0.228 e. The van der Waals surface area contributed by atoms with Gasteiger partial charge in [0.05, 0.1) is 0 Å². The van der Waals surface area contributed by atoms with Crippen LogP contribution in [0.2, 0.25) is 0 Å². The number of thioether (sulfide) groups is 1. The van der Waals surface area contributed by atoms with E-state index >= 15 is 0 Å². The first-order valence-corrected chi connectivity index (χ1v) is 8.66. The van der Waals surface area contributed by atoms with Crippen molar-refractivity contribution in [3.8, 4) is 0 Å². The molecule has 0 saturated carbocycles. The zero-order valence-corrected chi connectivity index (χ0v) is 16.2. The SMILES string of the molecule is Cc1cc(CN2CCSCC2)ccc1NC(=O)C(C)CN.Cl.Cl.